The van der Waals surface area contributed by atoms with Gasteiger partial charge in [-0.1, -0.05) is 57.2 Å². The lowest BCUT2D eigenvalue weighted by Gasteiger charge is -2.08. The van der Waals surface area contributed by atoms with Gasteiger partial charge in [0.2, 0.25) is 0 Å². The third kappa shape index (κ3) is 7.22. The number of unbranched alkanes of at least 4 members (excludes halogenated alkanes) is 3. The fourth-order valence-corrected chi connectivity index (χ4v) is 2.24. The summed E-state index contributed by atoms with van der Waals surface area (Å²) in [6.45, 7) is 8.43. The van der Waals surface area contributed by atoms with Crippen molar-refractivity contribution in [1.82, 2.24) is 5.32 Å². The number of phenolic OH excluding ortho intramolecular Hbond substituents is 1. The van der Waals surface area contributed by atoms with E-state index in [4.69, 9.17) is 0 Å². The Hall–Kier alpha value is -1.02. The van der Waals surface area contributed by atoms with Crippen LogP contribution in [0.2, 0.25) is 0 Å². The minimum absolute atomic E-state index is 0.398. The van der Waals surface area contributed by atoms with Crippen molar-refractivity contribution in [3.8, 4) is 5.75 Å². The molecule has 0 aliphatic heterocycles. The molecule has 0 radical (unpaired) electrons. The summed E-state index contributed by atoms with van der Waals surface area (Å²) in [5.41, 5.74) is 2.20. The Kier molecular flexibility index (Phi) is 7.57. The zero-order chi connectivity index (χ0) is 14.1. The first-order valence-corrected chi connectivity index (χ1v) is 7.59. The van der Waals surface area contributed by atoms with Gasteiger partial charge in [0, 0.05) is 12.1 Å². The predicted octanol–water partition coefficient (Wildman–Crippen LogP) is 4.40. The summed E-state index contributed by atoms with van der Waals surface area (Å²) in [6.07, 6.45) is 6.58. The molecule has 2 nitrogen and oxygen atoms in total. The lowest BCUT2D eigenvalue weighted by molar-refractivity contribution is 0.463. The molecule has 0 saturated heterocycles. The zero-order valence-electron chi connectivity index (χ0n) is 12.7. The molecule has 1 rings (SSSR count). The van der Waals surface area contributed by atoms with Crippen LogP contribution in [0.5, 0.6) is 5.75 Å². The van der Waals surface area contributed by atoms with Crippen LogP contribution in [0.4, 0.5) is 0 Å². The quantitative estimate of drug-likeness (QED) is 0.647. The normalized spacial score (nSPS) is 11.2. The van der Waals surface area contributed by atoms with Gasteiger partial charge in [-0.3, -0.25) is 0 Å². The second-order valence-electron chi connectivity index (χ2n) is 5.91. The molecule has 0 spiro atoms. The van der Waals surface area contributed by atoms with Crippen molar-refractivity contribution < 1.29 is 5.11 Å². The van der Waals surface area contributed by atoms with Gasteiger partial charge >= 0.3 is 0 Å². The van der Waals surface area contributed by atoms with E-state index in [9.17, 15) is 5.11 Å². The molecular formula is C17H29NO. The first-order valence-electron chi connectivity index (χ1n) is 7.59. The van der Waals surface area contributed by atoms with Crippen LogP contribution < -0.4 is 5.32 Å². The smallest absolute Gasteiger partial charge is 0.120 e. The molecule has 0 unspecified atom stereocenters. The topological polar surface area (TPSA) is 32.3 Å². The molecule has 0 fully saturated rings. The first kappa shape index (κ1) is 16.0. The Morgan fingerprint density at radius 2 is 1.84 bits per heavy atom. The Bertz CT molecular complexity index is 360. The maximum atomic E-state index is 9.72. The van der Waals surface area contributed by atoms with Gasteiger partial charge in [0.1, 0.15) is 5.75 Å². The molecule has 0 saturated carbocycles. The lowest BCUT2D eigenvalue weighted by atomic mass is 10.0. The monoisotopic (exact) mass is 263 g/mol. The van der Waals surface area contributed by atoms with Gasteiger partial charge in [-0.2, -0.15) is 0 Å². The summed E-state index contributed by atoms with van der Waals surface area (Å²) in [6, 6.07) is 5.76. The first-order chi connectivity index (χ1) is 9.09. The van der Waals surface area contributed by atoms with Gasteiger partial charge in [0.15, 0.2) is 0 Å². The van der Waals surface area contributed by atoms with Crippen molar-refractivity contribution in [2.24, 2.45) is 5.92 Å². The van der Waals surface area contributed by atoms with E-state index in [1.165, 1.54) is 37.7 Å². The summed E-state index contributed by atoms with van der Waals surface area (Å²) in [4.78, 5) is 0. The average Bonchev–Trinajstić information content (AvgIpc) is 2.36. The van der Waals surface area contributed by atoms with Gasteiger partial charge in [0.05, 0.1) is 0 Å². The van der Waals surface area contributed by atoms with Crippen molar-refractivity contribution >= 4 is 0 Å². The Morgan fingerprint density at radius 1 is 1.11 bits per heavy atom. The third-order valence-corrected chi connectivity index (χ3v) is 3.44. The van der Waals surface area contributed by atoms with Crippen molar-refractivity contribution in [3.63, 3.8) is 0 Å². The number of rotatable bonds is 9. The maximum Gasteiger partial charge on any atom is 0.120 e. The summed E-state index contributed by atoms with van der Waals surface area (Å²) in [5, 5.41) is 13.1. The van der Waals surface area contributed by atoms with Gasteiger partial charge < -0.3 is 10.4 Å². The summed E-state index contributed by atoms with van der Waals surface area (Å²) < 4.78 is 0. The van der Waals surface area contributed by atoms with E-state index in [-0.39, 0.29) is 0 Å². The zero-order valence-corrected chi connectivity index (χ0v) is 12.7. The molecule has 0 aliphatic rings. The van der Waals surface area contributed by atoms with Crippen LogP contribution in [0.25, 0.3) is 0 Å². The van der Waals surface area contributed by atoms with Crippen molar-refractivity contribution in [2.45, 2.75) is 59.4 Å². The highest BCUT2D eigenvalue weighted by Gasteiger charge is 2.00. The van der Waals surface area contributed by atoms with Crippen LogP contribution in [0.1, 0.15) is 57.1 Å². The van der Waals surface area contributed by atoms with Crippen molar-refractivity contribution in [3.05, 3.63) is 29.3 Å². The predicted molar refractivity (Wildman–Crippen MR) is 82.5 cm³/mol. The maximum absolute atomic E-state index is 9.72. The number of nitrogens with one attached hydrogen (secondary N) is 1. The molecule has 1 aromatic rings. The molecular weight excluding hydrogens is 234 g/mol. The number of hydrogen-bond acceptors (Lipinski definition) is 2. The molecule has 2 heteroatoms. The van der Waals surface area contributed by atoms with Gasteiger partial charge in [-0.25, -0.2) is 0 Å². The molecule has 0 atom stereocenters. The molecule has 0 heterocycles. The van der Waals surface area contributed by atoms with E-state index in [0.29, 0.717) is 5.75 Å². The number of phenols is 1. The van der Waals surface area contributed by atoms with Crippen LogP contribution in [0.3, 0.4) is 0 Å². The molecule has 0 amide bonds. The Balaban J connectivity index is 2.06. The number of hydrogen-bond donors (Lipinski definition) is 2. The van der Waals surface area contributed by atoms with E-state index in [2.05, 4.69) is 26.1 Å². The molecule has 19 heavy (non-hydrogen) atoms. The van der Waals surface area contributed by atoms with Crippen LogP contribution in [-0.2, 0) is 6.54 Å². The molecule has 0 aromatic heterocycles. The summed E-state index contributed by atoms with van der Waals surface area (Å²) in [7, 11) is 0. The average molecular weight is 263 g/mol. The highest BCUT2D eigenvalue weighted by molar-refractivity contribution is 5.35. The third-order valence-electron chi connectivity index (χ3n) is 3.44. The molecule has 0 aliphatic carbocycles. The van der Waals surface area contributed by atoms with Crippen LogP contribution in [-0.4, -0.2) is 11.7 Å². The highest BCUT2D eigenvalue weighted by atomic mass is 16.3. The van der Waals surface area contributed by atoms with E-state index >= 15 is 0 Å². The minimum atomic E-state index is 0.398. The largest absolute Gasteiger partial charge is 0.508 e. The van der Waals surface area contributed by atoms with Gasteiger partial charge in [0.25, 0.3) is 0 Å². The van der Waals surface area contributed by atoms with Crippen LogP contribution in [0.15, 0.2) is 18.2 Å². The van der Waals surface area contributed by atoms with Crippen LogP contribution >= 0.6 is 0 Å². The van der Waals surface area contributed by atoms with E-state index in [1.807, 2.05) is 12.1 Å². The highest BCUT2D eigenvalue weighted by Crippen LogP contribution is 2.17. The van der Waals surface area contributed by atoms with E-state index < -0.39 is 0 Å². The molecule has 1 aromatic carbocycles. The standard InChI is InChI=1S/C17H29NO/c1-14(2)8-6-4-5-7-11-18-13-16-12-15(3)9-10-17(16)19/h9-10,12,14,18-19H,4-8,11,13H2,1-3H3. The SMILES string of the molecule is Cc1ccc(O)c(CNCCCCCCC(C)C)c1. The Morgan fingerprint density at radius 3 is 2.58 bits per heavy atom. The second kappa shape index (κ2) is 8.98. The second-order valence-corrected chi connectivity index (χ2v) is 5.91. The molecule has 108 valence electrons. The fourth-order valence-electron chi connectivity index (χ4n) is 2.24. The van der Waals surface area contributed by atoms with Gasteiger partial charge in [-0.05, 0) is 31.9 Å². The molecule has 0 bridgehead atoms. The van der Waals surface area contributed by atoms with Crippen molar-refractivity contribution in [2.75, 3.05) is 6.54 Å². The Labute approximate surface area is 118 Å². The van der Waals surface area contributed by atoms with E-state index in [0.717, 1.165) is 24.6 Å². The fraction of sp³-hybridized carbons (Fsp3) is 0.647. The number of benzene rings is 1. The molecule has 2 N–H and O–H groups in total. The van der Waals surface area contributed by atoms with Crippen molar-refractivity contribution in [1.29, 1.82) is 0 Å². The van der Waals surface area contributed by atoms with Crippen LogP contribution in [0, 0.1) is 12.8 Å². The lowest BCUT2D eigenvalue weighted by Crippen LogP contribution is -2.14. The number of aromatic hydroxyl groups is 1. The summed E-state index contributed by atoms with van der Waals surface area (Å²) in [5.74, 6) is 1.23. The number of aryl methyl sites for hydroxylation is 1. The minimum Gasteiger partial charge on any atom is -0.508 e. The summed E-state index contributed by atoms with van der Waals surface area (Å²) >= 11 is 0. The van der Waals surface area contributed by atoms with Gasteiger partial charge in [-0.15, -0.1) is 0 Å². The van der Waals surface area contributed by atoms with E-state index in [1.54, 1.807) is 6.07 Å².